The van der Waals surface area contributed by atoms with Gasteiger partial charge in [0.25, 0.3) is 8.32 Å². The summed E-state index contributed by atoms with van der Waals surface area (Å²) in [6.45, 7) is 13.6. The third kappa shape index (κ3) is 4.19. The number of rotatable bonds is 6. The molecule has 2 aromatic rings. The van der Waals surface area contributed by atoms with Crippen molar-refractivity contribution in [2.45, 2.75) is 59.1 Å². The molecular formula is C25H34O3Si. The van der Waals surface area contributed by atoms with Crippen LogP contribution in [-0.4, -0.2) is 27.0 Å². The molecule has 156 valence electrons. The molecule has 1 aliphatic heterocycles. The zero-order valence-electron chi connectivity index (χ0n) is 18.6. The molecule has 0 aromatic heterocycles. The molecule has 1 aliphatic rings. The molecule has 1 saturated heterocycles. The molecule has 1 heterocycles. The zero-order valence-corrected chi connectivity index (χ0v) is 19.6. The predicted octanol–water partition coefficient (Wildman–Crippen LogP) is 4.54. The fourth-order valence-corrected chi connectivity index (χ4v) is 9.09. The van der Waals surface area contributed by atoms with Gasteiger partial charge in [0.2, 0.25) is 0 Å². The van der Waals surface area contributed by atoms with Gasteiger partial charge < -0.3 is 9.16 Å². The van der Waals surface area contributed by atoms with Crippen LogP contribution in [0.1, 0.15) is 48.0 Å². The van der Waals surface area contributed by atoms with Crippen LogP contribution in [-0.2, 0) is 14.0 Å². The van der Waals surface area contributed by atoms with Crippen LogP contribution in [0.5, 0.6) is 0 Å². The lowest BCUT2D eigenvalue weighted by Crippen LogP contribution is -2.67. The van der Waals surface area contributed by atoms with Gasteiger partial charge in [-0.05, 0) is 21.8 Å². The maximum Gasteiger partial charge on any atom is 0.309 e. The molecule has 0 N–H and O–H groups in total. The van der Waals surface area contributed by atoms with Crippen molar-refractivity contribution in [1.29, 1.82) is 0 Å². The summed E-state index contributed by atoms with van der Waals surface area (Å²) in [4.78, 5) is 12.0. The maximum atomic E-state index is 12.0. The monoisotopic (exact) mass is 410 g/mol. The van der Waals surface area contributed by atoms with Crippen LogP contribution in [0.15, 0.2) is 60.7 Å². The Morgan fingerprint density at radius 2 is 1.41 bits per heavy atom. The summed E-state index contributed by atoms with van der Waals surface area (Å²) in [5, 5.41) is 2.48. The van der Waals surface area contributed by atoms with Crippen molar-refractivity contribution >= 4 is 24.7 Å². The van der Waals surface area contributed by atoms with E-state index in [9.17, 15) is 4.79 Å². The van der Waals surface area contributed by atoms with E-state index in [4.69, 9.17) is 9.16 Å². The molecule has 2 aromatic carbocycles. The smallest absolute Gasteiger partial charge is 0.309 e. The largest absolute Gasteiger partial charge is 0.461 e. The van der Waals surface area contributed by atoms with Gasteiger partial charge in [0.1, 0.15) is 6.10 Å². The average molecular weight is 411 g/mol. The van der Waals surface area contributed by atoms with Gasteiger partial charge in [0.15, 0.2) is 0 Å². The van der Waals surface area contributed by atoms with E-state index in [1.807, 2.05) is 6.92 Å². The molecule has 29 heavy (non-hydrogen) atoms. The van der Waals surface area contributed by atoms with Crippen LogP contribution < -0.4 is 10.4 Å². The van der Waals surface area contributed by atoms with E-state index < -0.39 is 8.32 Å². The molecule has 0 unspecified atom stereocenters. The molecule has 0 bridgehead atoms. The second-order valence-corrected chi connectivity index (χ2v) is 14.3. The van der Waals surface area contributed by atoms with Gasteiger partial charge in [-0.25, -0.2) is 0 Å². The van der Waals surface area contributed by atoms with Gasteiger partial charge in [0.05, 0.1) is 5.92 Å². The fourth-order valence-electron chi connectivity index (χ4n) is 4.35. The molecule has 0 saturated carbocycles. The van der Waals surface area contributed by atoms with E-state index in [-0.39, 0.29) is 28.4 Å². The molecule has 2 atom stereocenters. The highest BCUT2D eigenvalue weighted by Crippen LogP contribution is 2.40. The third-order valence-corrected chi connectivity index (χ3v) is 11.2. The topological polar surface area (TPSA) is 35.5 Å². The van der Waals surface area contributed by atoms with Crippen molar-refractivity contribution in [1.82, 2.24) is 0 Å². The summed E-state index contributed by atoms with van der Waals surface area (Å²) in [5.41, 5.74) is -0.256. The Hall–Kier alpha value is -1.91. The maximum absolute atomic E-state index is 12.0. The summed E-state index contributed by atoms with van der Waals surface area (Å²) in [6.07, 6.45) is 0.652. The quantitative estimate of drug-likeness (QED) is 0.518. The summed E-state index contributed by atoms with van der Waals surface area (Å²) < 4.78 is 12.8. The highest BCUT2D eigenvalue weighted by Gasteiger charge is 2.52. The molecule has 3 nitrogen and oxygen atoms in total. The summed E-state index contributed by atoms with van der Waals surface area (Å²) >= 11 is 0. The van der Waals surface area contributed by atoms with Gasteiger partial charge in [-0.2, -0.15) is 0 Å². The Balaban J connectivity index is 2.01. The van der Waals surface area contributed by atoms with Crippen molar-refractivity contribution in [3.05, 3.63) is 60.7 Å². The minimum absolute atomic E-state index is 0.0351. The van der Waals surface area contributed by atoms with E-state index in [1.54, 1.807) is 0 Å². The predicted molar refractivity (Wildman–Crippen MR) is 121 cm³/mol. The van der Waals surface area contributed by atoms with Crippen molar-refractivity contribution < 1.29 is 14.0 Å². The van der Waals surface area contributed by atoms with Crippen LogP contribution in [0.2, 0.25) is 5.04 Å². The van der Waals surface area contributed by atoms with Gasteiger partial charge in [-0.15, -0.1) is 0 Å². The fraction of sp³-hybridized carbons (Fsp3) is 0.480. The number of hydrogen-bond acceptors (Lipinski definition) is 3. The van der Waals surface area contributed by atoms with Crippen LogP contribution in [0.25, 0.3) is 0 Å². The van der Waals surface area contributed by atoms with Gasteiger partial charge in [0, 0.05) is 12.0 Å². The Bertz CT molecular complexity index is 785. The number of ether oxygens (including phenoxy) is 1. The first-order chi connectivity index (χ1) is 13.6. The highest BCUT2D eigenvalue weighted by atomic mass is 28.4. The van der Waals surface area contributed by atoms with Gasteiger partial charge in [-0.3, -0.25) is 4.79 Å². The number of cyclic esters (lactones) is 1. The van der Waals surface area contributed by atoms with E-state index in [0.29, 0.717) is 6.61 Å². The minimum Gasteiger partial charge on any atom is -0.461 e. The van der Waals surface area contributed by atoms with E-state index >= 15 is 0 Å². The number of esters is 1. The molecule has 0 amide bonds. The standard InChI is InChI=1S/C25H34O3Si/c1-19-17-22(28-23(19)26)25(5,6)18-27-29(24(2,3)4,20-13-9-7-10-14-20)21-15-11-8-12-16-21/h7-16,19,22H,17-18H2,1-6H3/t19-,22+/m0/s1. The molecule has 0 spiro atoms. The van der Waals surface area contributed by atoms with Crippen LogP contribution in [0.3, 0.4) is 0 Å². The SMILES string of the molecule is C[C@H]1C[C@H](C(C)(C)CO[Si](c2ccccc2)(c2ccccc2)C(C)(C)C)OC1=O. The number of carbonyl (C=O) groups is 1. The van der Waals surface area contributed by atoms with E-state index in [0.717, 1.165) is 6.42 Å². The second kappa shape index (κ2) is 8.08. The summed E-state index contributed by atoms with van der Waals surface area (Å²) in [7, 11) is -2.58. The van der Waals surface area contributed by atoms with E-state index in [1.165, 1.54) is 10.4 Å². The Morgan fingerprint density at radius 3 is 1.79 bits per heavy atom. The number of carbonyl (C=O) groups excluding carboxylic acids is 1. The van der Waals surface area contributed by atoms with Crippen LogP contribution in [0.4, 0.5) is 0 Å². The lowest BCUT2D eigenvalue weighted by molar-refractivity contribution is -0.148. The summed E-state index contributed by atoms with van der Waals surface area (Å²) in [5.74, 6) is -0.124. The Labute approximate surface area is 176 Å². The molecule has 4 heteroatoms. The minimum atomic E-state index is -2.58. The lowest BCUT2D eigenvalue weighted by atomic mass is 9.84. The van der Waals surface area contributed by atoms with Crippen molar-refractivity contribution in [2.75, 3.05) is 6.61 Å². The third-order valence-electron chi connectivity index (χ3n) is 6.18. The first kappa shape index (κ1) is 21.8. The van der Waals surface area contributed by atoms with Gasteiger partial charge >= 0.3 is 5.97 Å². The second-order valence-electron chi connectivity index (χ2n) is 10.0. The van der Waals surface area contributed by atoms with Gasteiger partial charge in [-0.1, -0.05) is 102 Å². The average Bonchev–Trinajstić information content (AvgIpc) is 3.02. The first-order valence-corrected chi connectivity index (χ1v) is 12.4. The number of hydrogen-bond donors (Lipinski definition) is 0. The normalized spacial score (nSPS) is 20.6. The highest BCUT2D eigenvalue weighted by molar-refractivity contribution is 6.99. The Kier molecular flexibility index (Phi) is 6.07. The molecular weight excluding hydrogens is 376 g/mol. The number of benzene rings is 2. The molecule has 0 radical (unpaired) electrons. The molecule has 0 aliphatic carbocycles. The summed E-state index contributed by atoms with van der Waals surface area (Å²) in [6, 6.07) is 21.3. The molecule has 3 rings (SSSR count). The first-order valence-electron chi connectivity index (χ1n) is 10.5. The zero-order chi connectivity index (χ0) is 21.3. The van der Waals surface area contributed by atoms with E-state index in [2.05, 4.69) is 95.3 Å². The Morgan fingerprint density at radius 1 is 0.931 bits per heavy atom. The molecule has 1 fully saturated rings. The van der Waals surface area contributed by atoms with Crippen molar-refractivity contribution in [3.63, 3.8) is 0 Å². The van der Waals surface area contributed by atoms with Crippen LogP contribution in [0, 0.1) is 11.3 Å². The van der Waals surface area contributed by atoms with Crippen molar-refractivity contribution in [3.8, 4) is 0 Å². The van der Waals surface area contributed by atoms with Crippen LogP contribution >= 0.6 is 0 Å². The van der Waals surface area contributed by atoms with Crippen molar-refractivity contribution in [2.24, 2.45) is 11.3 Å². The lowest BCUT2D eigenvalue weighted by Gasteiger charge is -2.45.